The zero-order chi connectivity index (χ0) is 33.3. The molecular weight excluding hydrogens is 601 g/mol. The fraction of sp³-hybridized carbons (Fsp3) is 0.676. The Morgan fingerprint density at radius 3 is 2.24 bits per heavy atom. The minimum Gasteiger partial charge on any atom is -0.455 e. The van der Waals surface area contributed by atoms with Gasteiger partial charge in [0.1, 0.15) is 17.9 Å². The lowest BCUT2D eigenvalue weighted by molar-refractivity contribution is -0.156. The highest BCUT2D eigenvalue weighted by atomic mass is 28.4. The predicted molar refractivity (Wildman–Crippen MR) is 166 cm³/mol. The highest BCUT2D eigenvalue weighted by Crippen LogP contribution is 2.61. The van der Waals surface area contributed by atoms with Crippen molar-refractivity contribution in [3.8, 4) is 0 Å². The molecule has 2 unspecified atom stereocenters. The van der Waals surface area contributed by atoms with Gasteiger partial charge in [0.25, 0.3) is 0 Å². The molecule has 2 aromatic heterocycles. The molecule has 2 aromatic rings. The fourth-order valence-corrected chi connectivity index (χ4v) is 8.09. The first-order valence-corrected chi connectivity index (χ1v) is 18.8. The Morgan fingerprint density at radius 1 is 1.09 bits per heavy atom. The van der Waals surface area contributed by atoms with Crippen LogP contribution in [0.5, 0.6) is 0 Å². The smallest absolute Gasteiger partial charge is 0.433 e. The Bertz CT molecular complexity index is 1440. The Labute approximate surface area is 265 Å². The summed E-state index contributed by atoms with van der Waals surface area (Å²) in [6.45, 7) is 21.7. The number of fused-ring (bicyclic) bond motifs is 4. The third-order valence-corrected chi connectivity index (χ3v) is 14.6. The van der Waals surface area contributed by atoms with Crippen LogP contribution >= 0.6 is 0 Å². The lowest BCUT2D eigenvalue weighted by Crippen LogP contribution is -2.46. The Balaban J connectivity index is 1.83. The third-order valence-electron chi connectivity index (χ3n) is 10.1. The van der Waals surface area contributed by atoms with E-state index in [-0.39, 0.29) is 23.0 Å². The van der Waals surface area contributed by atoms with Crippen LogP contribution in [0.1, 0.15) is 138 Å². The van der Waals surface area contributed by atoms with Crippen LogP contribution in [0.15, 0.2) is 18.3 Å². The SMILES string of the molecule is CC(=O)OC1c2nc(C(C)C)c3c(c2C(O[Si](C)(C)C(C)(C)C)CC1(C)C)C1(CCOCC1)O[C@@H]3c1ccc(C(F)(F)F)nc1. The number of aromatic nitrogens is 2. The topological polar surface area (TPSA) is 79.8 Å². The second kappa shape index (κ2) is 11.4. The van der Waals surface area contributed by atoms with Crippen molar-refractivity contribution in [3.63, 3.8) is 0 Å². The lowest BCUT2D eigenvalue weighted by atomic mass is 9.68. The summed E-state index contributed by atoms with van der Waals surface area (Å²) < 4.78 is 66.6. The molecule has 11 heteroatoms. The quantitative estimate of drug-likeness (QED) is 0.237. The van der Waals surface area contributed by atoms with Crippen molar-refractivity contribution in [2.24, 2.45) is 5.41 Å². The van der Waals surface area contributed by atoms with Gasteiger partial charge < -0.3 is 18.6 Å². The Morgan fingerprint density at radius 2 is 1.73 bits per heavy atom. The first-order valence-electron chi connectivity index (χ1n) is 15.9. The van der Waals surface area contributed by atoms with E-state index >= 15 is 0 Å². The highest BCUT2D eigenvalue weighted by molar-refractivity contribution is 6.74. The number of halogens is 3. The van der Waals surface area contributed by atoms with Crippen LogP contribution in [0.3, 0.4) is 0 Å². The Hall–Kier alpha value is -2.34. The molecule has 2 aliphatic heterocycles. The van der Waals surface area contributed by atoms with Gasteiger partial charge in [-0.2, -0.15) is 13.2 Å². The number of ether oxygens (including phenoxy) is 3. The molecule has 7 nitrogen and oxygen atoms in total. The molecule has 1 saturated heterocycles. The van der Waals surface area contributed by atoms with Gasteiger partial charge in [0.2, 0.25) is 0 Å². The van der Waals surface area contributed by atoms with Crippen molar-refractivity contribution in [2.75, 3.05) is 13.2 Å². The maximum absolute atomic E-state index is 13.5. The summed E-state index contributed by atoms with van der Waals surface area (Å²) >= 11 is 0. The summed E-state index contributed by atoms with van der Waals surface area (Å²) in [5.41, 5.74) is 2.51. The zero-order valence-corrected chi connectivity index (χ0v) is 29.1. The number of nitrogens with zero attached hydrogens (tertiary/aromatic N) is 2. The number of alkyl halides is 3. The number of hydrogen-bond acceptors (Lipinski definition) is 7. The molecule has 5 rings (SSSR count). The van der Waals surface area contributed by atoms with Gasteiger partial charge in [0.05, 0.1) is 17.4 Å². The molecule has 248 valence electrons. The molecule has 1 spiro atoms. The number of carbonyl (C=O) groups excluding carboxylic acids is 1. The number of hydrogen-bond donors (Lipinski definition) is 0. The summed E-state index contributed by atoms with van der Waals surface area (Å²) in [5, 5.41) is -0.0696. The standard InChI is InChI=1S/C34H47F3N2O5Si/c1-19(2)27-25-26(33(13-15-41-16-14-33)43-29(25)21-11-12-23(38-18-21)34(35,36)37)24-22(44-45(9,10)31(4,5)6)17-32(7,8)30(28(24)39-27)42-20(3)40/h11-12,18-19,22,29-30H,13-17H2,1-10H3/t22?,29-,30?/m1/s1. The van der Waals surface area contributed by atoms with E-state index in [2.05, 4.69) is 52.7 Å². The number of carbonyl (C=O) groups is 1. The van der Waals surface area contributed by atoms with E-state index in [9.17, 15) is 18.0 Å². The molecule has 4 heterocycles. The van der Waals surface area contributed by atoms with E-state index in [1.165, 1.54) is 19.2 Å². The number of pyridine rings is 2. The maximum Gasteiger partial charge on any atom is 0.433 e. The second-order valence-electron chi connectivity index (χ2n) is 15.4. The molecule has 1 fully saturated rings. The molecule has 0 aromatic carbocycles. The lowest BCUT2D eigenvalue weighted by Gasteiger charge is -2.48. The van der Waals surface area contributed by atoms with E-state index in [1.807, 2.05) is 13.8 Å². The van der Waals surface area contributed by atoms with Crippen molar-refractivity contribution in [1.29, 1.82) is 0 Å². The number of esters is 1. The monoisotopic (exact) mass is 648 g/mol. The zero-order valence-electron chi connectivity index (χ0n) is 28.1. The van der Waals surface area contributed by atoms with E-state index < -0.39 is 43.4 Å². The van der Waals surface area contributed by atoms with Crippen molar-refractivity contribution in [2.45, 2.75) is 129 Å². The van der Waals surface area contributed by atoms with E-state index in [0.29, 0.717) is 43.7 Å². The van der Waals surface area contributed by atoms with Gasteiger partial charge in [-0.25, -0.2) is 0 Å². The van der Waals surface area contributed by atoms with Crippen LogP contribution in [-0.4, -0.2) is 37.5 Å². The van der Waals surface area contributed by atoms with E-state index in [0.717, 1.165) is 28.5 Å². The first kappa shape index (κ1) is 34.0. The van der Waals surface area contributed by atoms with Gasteiger partial charge in [-0.15, -0.1) is 0 Å². The van der Waals surface area contributed by atoms with Gasteiger partial charge in [-0.1, -0.05) is 54.5 Å². The molecule has 0 radical (unpaired) electrons. The average molecular weight is 649 g/mol. The van der Waals surface area contributed by atoms with Crippen LogP contribution in [0, 0.1) is 5.41 Å². The van der Waals surface area contributed by atoms with Crippen molar-refractivity contribution >= 4 is 14.3 Å². The average Bonchev–Trinajstić information content (AvgIpc) is 3.23. The van der Waals surface area contributed by atoms with Crippen LogP contribution in [0.25, 0.3) is 0 Å². The summed E-state index contributed by atoms with van der Waals surface area (Å²) in [6, 6.07) is 2.47. The maximum atomic E-state index is 13.5. The molecular formula is C34H47F3N2O5Si. The molecule has 3 aliphatic rings. The summed E-state index contributed by atoms with van der Waals surface area (Å²) in [4.78, 5) is 21.6. The van der Waals surface area contributed by atoms with Gasteiger partial charge in [-0.3, -0.25) is 14.8 Å². The van der Waals surface area contributed by atoms with Gasteiger partial charge >= 0.3 is 12.1 Å². The molecule has 3 atom stereocenters. The largest absolute Gasteiger partial charge is 0.455 e. The van der Waals surface area contributed by atoms with Crippen LogP contribution in [0.2, 0.25) is 18.1 Å². The van der Waals surface area contributed by atoms with Crippen LogP contribution in [0.4, 0.5) is 13.2 Å². The first-order chi connectivity index (χ1) is 20.7. The van der Waals surface area contributed by atoms with E-state index in [4.69, 9.17) is 23.6 Å². The highest BCUT2D eigenvalue weighted by Gasteiger charge is 2.56. The summed E-state index contributed by atoms with van der Waals surface area (Å²) in [6.07, 6.45) is -3.20. The van der Waals surface area contributed by atoms with E-state index in [1.54, 1.807) is 0 Å². The predicted octanol–water partition coefficient (Wildman–Crippen LogP) is 8.84. The third kappa shape index (κ3) is 6.10. The van der Waals surface area contributed by atoms with Crippen molar-refractivity contribution in [1.82, 2.24) is 9.97 Å². The van der Waals surface area contributed by atoms with Crippen molar-refractivity contribution in [3.05, 3.63) is 57.7 Å². The number of rotatable bonds is 5. The summed E-state index contributed by atoms with van der Waals surface area (Å²) in [7, 11) is -2.33. The second-order valence-corrected chi connectivity index (χ2v) is 20.1. The van der Waals surface area contributed by atoms with Crippen LogP contribution in [-0.2, 0) is 35.2 Å². The molecule has 0 N–H and O–H groups in total. The Kier molecular flexibility index (Phi) is 8.63. The van der Waals surface area contributed by atoms with Gasteiger partial charge in [0.15, 0.2) is 8.32 Å². The normalized spacial score (nSPS) is 24.4. The molecule has 0 amide bonds. The molecule has 0 saturated carbocycles. The molecule has 1 aliphatic carbocycles. The molecule has 0 bridgehead atoms. The van der Waals surface area contributed by atoms with Gasteiger partial charge in [0, 0.05) is 67.0 Å². The minimum atomic E-state index is -4.55. The summed E-state index contributed by atoms with van der Waals surface area (Å²) in [5.74, 6) is -0.447. The minimum absolute atomic E-state index is 0.0599. The molecule has 45 heavy (non-hydrogen) atoms. The fourth-order valence-electron chi connectivity index (χ4n) is 6.82. The van der Waals surface area contributed by atoms with Crippen molar-refractivity contribution < 1.29 is 36.6 Å². The van der Waals surface area contributed by atoms with Crippen LogP contribution < -0.4 is 0 Å². The van der Waals surface area contributed by atoms with Gasteiger partial charge in [-0.05, 0) is 42.1 Å².